The van der Waals surface area contributed by atoms with Gasteiger partial charge in [0.25, 0.3) is 0 Å². The second kappa shape index (κ2) is 12.4. The highest BCUT2D eigenvalue weighted by Gasteiger charge is 2.36. The number of pyridine rings is 1. The lowest BCUT2D eigenvalue weighted by Gasteiger charge is -2.42. The summed E-state index contributed by atoms with van der Waals surface area (Å²) < 4.78 is 58.7. The molecular formula is C31H33F3N8O2. The molecule has 4 aromatic rings. The number of imidazole rings is 1. The molecule has 3 atom stereocenters. The molecule has 10 nitrogen and oxygen atoms in total. The van der Waals surface area contributed by atoms with Gasteiger partial charge in [0.2, 0.25) is 5.95 Å². The third kappa shape index (κ3) is 5.80. The van der Waals surface area contributed by atoms with Crippen LogP contribution in [0.3, 0.4) is 0 Å². The molecule has 0 saturated carbocycles. The summed E-state index contributed by atoms with van der Waals surface area (Å²) in [6, 6.07) is 8.94. The number of nitrogens with two attached hydrogens (primary N) is 1. The Labute approximate surface area is 252 Å². The maximum Gasteiger partial charge on any atom is 0.229 e. The highest BCUT2D eigenvalue weighted by molar-refractivity contribution is 5.74. The minimum atomic E-state index is -1.85. The van der Waals surface area contributed by atoms with Crippen LogP contribution in [0.25, 0.3) is 16.8 Å². The summed E-state index contributed by atoms with van der Waals surface area (Å²) in [6.07, 6.45) is 5.15. The Hall–Kier alpha value is -4.25. The number of rotatable bonds is 8. The average molecular weight is 607 g/mol. The van der Waals surface area contributed by atoms with Crippen molar-refractivity contribution in [3.05, 3.63) is 66.1 Å². The maximum absolute atomic E-state index is 15.4. The molecule has 0 bridgehead atoms. The van der Waals surface area contributed by atoms with Crippen LogP contribution in [-0.4, -0.2) is 64.6 Å². The fraction of sp³-hybridized carbons (Fsp3) is 0.419. The standard InChI is InChI=1S/C31H33F3N8O2/c1-19-17-41(18-24(36)29(19)44-10-2-8-35)27-5-9-37-16-26(27)39-30-38-15-21-3-4-25(40-42(21)30)28-22(32)13-20(14-23(28)33)31(34)6-11-43-12-7-31/h3-5,9,13-16,19,24,29H,2,6-7,10-12,17-18,36H2,1H3,(H,38,39)/t19-,24+,29-/m0/s1. The summed E-state index contributed by atoms with van der Waals surface area (Å²) in [5.74, 6) is -1.38. The molecule has 3 N–H and O–H groups in total. The fourth-order valence-electron chi connectivity index (χ4n) is 6.07. The molecule has 0 amide bonds. The number of nitrogens with zero attached hydrogens (tertiary/aromatic N) is 6. The first-order chi connectivity index (χ1) is 21.3. The number of ether oxygens (including phenoxy) is 2. The van der Waals surface area contributed by atoms with Crippen LogP contribution in [0.15, 0.2) is 48.9 Å². The topological polar surface area (TPSA) is 127 Å². The smallest absolute Gasteiger partial charge is 0.229 e. The molecular weight excluding hydrogens is 573 g/mol. The van der Waals surface area contributed by atoms with Crippen LogP contribution in [0.5, 0.6) is 0 Å². The quantitative estimate of drug-likeness (QED) is 0.270. The predicted molar refractivity (Wildman–Crippen MR) is 158 cm³/mol. The van der Waals surface area contributed by atoms with E-state index in [1.54, 1.807) is 24.7 Å². The van der Waals surface area contributed by atoms with Crippen molar-refractivity contribution >= 4 is 22.8 Å². The second-order valence-electron chi connectivity index (χ2n) is 11.3. The van der Waals surface area contributed by atoms with E-state index in [0.29, 0.717) is 43.3 Å². The number of fused-ring (bicyclic) bond motifs is 1. The van der Waals surface area contributed by atoms with Crippen LogP contribution in [0.1, 0.15) is 31.7 Å². The molecule has 5 heterocycles. The Morgan fingerprint density at radius 3 is 2.66 bits per heavy atom. The zero-order chi connectivity index (χ0) is 30.8. The summed E-state index contributed by atoms with van der Waals surface area (Å²) in [4.78, 5) is 10.9. The van der Waals surface area contributed by atoms with Gasteiger partial charge in [-0.3, -0.25) is 4.98 Å². The van der Waals surface area contributed by atoms with Gasteiger partial charge in [-0.2, -0.15) is 14.9 Å². The number of nitrogens with one attached hydrogen (secondary N) is 1. The van der Waals surface area contributed by atoms with E-state index in [1.807, 2.05) is 6.07 Å². The first kappa shape index (κ1) is 29.8. The molecule has 2 aliphatic rings. The van der Waals surface area contributed by atoms with Gasteiger partial charge in [0, 0.05) is 57.3 Å². The van der Waals surface area contributed by atoms with Crippen LogP contribution >= 0.6 is 0 Å². The van der Waals surface area contributed by atoms with E-state index in [4.69, 9.17) is 20.5 Å². The molecule has 0 aliphatic carbocycles. The summed E-state index contributed by atoms with van der Waals surface area (Å²) in [5, 5.41) is 16.6. The Morgan fingerprint density at radius 2 is 1.93 bits per heavy atom. The van der Waals surface area contributed by atoms with Crippen LogP contribution in [0, 0.1) is 28.9 Å². The summed E-state index contributed by atoms with van der Waals surface area (Å²) in [7, 11) is 0. The van der Waals surface area contributed by atoms with Gasteiger partial charge in [-0.25, -0.2) is 18.2 Å². The summed E-state index contributed by atoms with van der Waals surface area (Å²) >= 11 is 0. The van der Waals surface area contributed by atoms with Crippen molar-refractivity contribution in [1.82, 2.24) is 19.6 Å². The lowest BCUT2D eigenvalue weighted by atomic mass is 9.87. The Kier molecular flexibility index (Phi) is 8.40. The van der Waals surface area contributed by atoms with Crippen LogP contribution in [0.4, 0.5) is 30.5 Å². The van der Waals surface area contributed by atoms with Gasteiger partial charge in [-0.1, -0.05) is 6.92 Å². The minimum Gasteiger partial charge on any atom is -0.381 e. The number of hydrogen-bond acceptors (Lipinski definition) is 9. The molecule has 44 heavy (non-hydrogen) atoms. The van der Waals surface area contributed by atoms with Crippen LogP contribution in [0.2, 0.25) is 0 Å². The van der Waals surface area contributed by atoms with Crippen molar-refractivity contribution in [3.63, 3.8) is 0 Å². The van der Waals surface area contributed by atoms with Gasteiger partial charge in [0.15, 0.2) is 0 Å². The number of hydrogen-bond donors (Lipinski definition) is 2. The van der Waals surface area contributed by atoms with Crippen molar-refractivity contribution in [1.29, 1.82) is 5.26 Å². The predicted octanol–water partition coefficient (Wildman–Crippen LogP) is 4.87. The molecule has 6 rings (SSSR count). The Bertz CT molecular complexity index is 1650. The van der Waals surface area contributed by atoms with Crippen molar-refractivity contribution in [2.24, 2.45) is 11.7 Å². The number of aromatic nitrogens is 4. The number of alkyl halides is 1. The zero-order valence-electron chi connectivity index (χ0n) is 24.2. The fourth-order valence-corrected chi connectivity index (χ4v) is 6.07. The van der Waals surface area contributed by atoms with Crippen molar-refractivity contribution in [3.8, 4) is 17.3 Å². The first-order valence-corrected chi connectivity index (χ1v) is 14.6. The minimum absolute atomic E-state index is 0.0321. The zero-order valence-corrected chi connectivity index (χ0v) is 24.2. The normalized spacial score (nSPS) is 21.7. The highest BCUT2D eigenvalue weighted by atomic mass is 19.1. The molecule has 13 heteroatoms. The SMILES string of the molecule is C[C@H]1CN(c2ccncc2Nc2ncc3ccc(-c4c(F)cc(C5(F)CCOCC5)cc4F)nn23)C[C@@H](N)[C@H]1OCCC#N. The molecule has 1 aromatic carbocycles. The average Bonchev–Trinajstić information content (AvgIpc) is 3.40. The largest absolute Gasteiger partial charge is 0.381 e. The molecule has 0 radical (unpaired) electrons. The lowest BCUT2D eigenvalue weighted by molar-refractivity contribution is -0.0117. The molecule has 3 aromatic heterocycles. The summed E-state index contributed by atoms with van der Waals surface area (Å²) in [5.41, 5.74) is 6.36. The lowest BCUT2D eigenvalue weighted by Crippen LogP contribution is -2.56. The molecule has 0 unspecified atom stereocenters. The van der Waals surface area contributed by atoms with Crippen LogP contribution in [-0.2, 0) is 15.1 Å². The van der Waals surface area contributed by atoms with Crippen molar-refractivity contribution in [2.45, 2.75) is 44.0 Å². The second-order valence-corrected chi connectivity index (χ2v) is 11.3. The number of halogens is 3. The molecule has 2 aliphatic heterocycles. The van der Waals surface area contributed by atoms with Crippen molar-refractivity contribution < 1.29 is 22.6 Å². The monoisotopic (exact) mass is 606 g/mol. The maximum atomic E-state index is 15.4. The molecule has 230 valence electrons. The number of piperidine rings is 1. The third-order valence-corrected chi connectivity index (χ3v) is 8.32. The Balaban J connectivity index is 1.27. The third-order valence-electron chi connectivity index (χ3n) is 8.32. The summed E-state index contributed by atoms with van der Waals surface area (Å²) in [6.45, 7) is 3.97. The van der Waals surface area contributed by atoms with Crippen molar-refractivity contribution in [2.75, 3.05) is 43.1 Å². The first-order valence-electron chi connectivity index (χ1n) is 14.6. The van der Waals surface area contributed by atoms with Gasteiger partial charge in [0.05, 0.1) is 65.7 Å². The Morgan fingerprint density at radius 1 is 1.16 bits per heavy atom. The molecule has 0 spiro atoms. The van der Waals surface area contributed by atoms with Gasteiger partial charge in [-0.05, 0) is 35.9 Å². The van der Waals surface area contributed by atoms with Gasteiger partial charge in [0.1, 0.15) is 17.3 Å². The molecule has 2 saturated heterocycles. The van der Waals surface area contributed by atoms with E-state index < -0.39 is 17.3 Å². The van der Waals surface area contributed by atoms with E-state index in [-0.39, 0.29) is 60.9 Å². The van der Waals surface area contributed by atoms with Gasteiger partial charge < -0.3 is 25.4 Å². The van der Waals surface area contributed by atoms with E-state index >= 15 is 13.2 Å². The molecule has 2 fully saturated rings. The van der Waals surface area contributed by atoms with Gasteiger partial charge >= 0.3 is 0 Å². The van der Waals surface area contributed by atoms with Crippen LogP contribution < -0.4 is 16.0 Å². The highest BCUT2D eigenvalue weighted by Crippen LogP contribution is 2.39. The van der Waals surface area contributed by atoms with E-state index in [2.05, 4.69) is 38.3 Å². The number of benzene rings is 1. The van der Waals surface area contributed by atoms with Gasteiger partial charge in [-0.15, -0.1) is 0 Å². The van der Waals surface area contributed by atoms with E-state index in [0.717, 1.165) is 17.8 Å². The van der Waals surface area contributed by atoms with E-state index in [9.17, 15) is 0 Å². The van der Waals surface area contributed by atoms with E-state index in [1.165, 1.54) is 10.6 Å². The number of anilines is 3. The number of nitriles is 1.